The third-order valence-electron chi connectivity index (χ3n) is 7.25. The van der Waals surface area contributed by atoms with Gasteiger partial charge in [0, 0.05) is 19.4 Å². The third kappa shape index (κ3) is 7.77. The van der Waals surface area contributed by atoms with Crippen LogP contribution >= 0.6 is 0 Å². The predicted octanol–water partition coefficient (Wildman–Crippen LogP) is 4.93. The Bertz CT molecular complexity index is 764. The first kappa shape index (κ1) is 27.6. The average Bonchev–Trinajstić information content (AvgIpc) is 3.06. The van der Waals surface area contributed by atoms with Gasteiger partial charge in [-0.15, -0.1) is 0 Å². The van der Waals surface area contributed by atoms with Crippen molar-refractivity contribution in [3.05, 3.63) is 11.8 Å². The van der Waals surface area contributed by atoms with Gasteiger partial charge in [0.05, 0.1) is 29.6 Å². The standard InChI is InChI=1S/C26H44O7S/c1-4-5-14-26(2,3)15-12-20(32-23-10-6-8-17-30-23)25-21(33-24-11-7-9-18-31-24)19-34(28,29)22(25)13-16-27/h12,16,21-25H,4-11,13-15,17-19H2,1-3H3/b20-12+/t21-,22-,23?,24?,25-/m1/s1. The van der Waals surface area contributed by atoms with E-state index in [9.17, 15) is 13.2 Å². The lowest BCUT2D eigenvalue weighted by Crippen LogP contribution is -2.36. The van der Waals surface area contributed by atoms with E-state index in [1.807, 2.05) is 0 Å². The van der Waals surface area contributed by atoms with E-state index in [1.165, 1.54) is 0 Å². The lowest BCUT2D eigenvalue weighted by Gasteiger charge is -2.33. The smallest absolute Gasteiger partial charge is 0.199 e. The zero-order chi connectivity index (χ0) is 24.6. The molecule has 7 nitrogen and oxygen atoms in total. The van der Waals surface area contributed by atoms with Gasteiger partial charge in [0.1, 0.15) is 12.0 Å². The molecule has 3 aliphatic rings. The summed E-state index contributed by atoms with van der Waals surface area (Å²) >= 11 is 0. The van der Waals surface area contributed by atoms with Gasteiger partial charge >= 0.3 is 0 Å². The van der Waals surface area contributed by atoms with E-state index < -0.39 is 39.7 Å². The summed E-state index contributed by atoms with van der Waals surface area (Å²) in [5.74, 6) is -0.0694. The highest BCUT2D eigenvalue weighted by Gasteiger charge is 2.51. The van der Waals surface area contributed by atoms with Gasteiger partial charge in [0.15, 0.2) is 22.4 Å². The number of hydrogen-bond acceptors (Lipinski definition) is 7. The molecule has 3 aliphatic heterocycles. The normalized spacial score (nSPS) is 32.4. The lowest BCUT2D eigenvalue weighted by molar-refractivity contribution is -0.196. The second-order valence-corrected chi connectivity index (χ2v) is 13.0. The molecule has 0 bridgehead atoms. The number of carbonyl (C=O) groups is 1. The van der Waals surface area contributed by atoms with E-state index in [-0.39, 0.29) is 17.6 Å². The summed E-state index contributed by atoms with van der Waals surface area (Å²) < 4.78 is 50.6. The van der Waals surface area contributed by atoms with Gasteiger partial charge in [0.25, 0.3) is 0 Å². The van der Waals surface area contributed by atoms with E-state index in [0.717, 1.165) is 64.2 Å². The van der Waals surface area contributed by atoms with E-state index in [2.05, 4.69) is 26.8 Å². The first-order chi connectivity index (χ1) is 16.3. The Hall–Kier alpha value is -0.960. The van der Waals surface area contributed by atoms with Crippen molar-refractivity contribution < 1.29 is 32.2 Å². The molecule has 3 fully saturated rings. The Morgan fingerprint density at radius 3 is 2.32 bits per heavy atom. The summed E-state index contributed by atoms with van der Waals surface area (Å²) in [5, 5.41) is -0.854. The highest BCUT2D eigenvalue weighted by atomic mass is 32.2. The quantitative estimate of drug-likeness (QED) is 0.277. The molecule has 0 N–H and O–H groups in total. The van der Waals surface area contributed by atoms with E-state index in [4.69, 9.17) is 18.9 Å². The molecular formula is C26H44O7S. The predicted molar refractivity (Wildman–Crippen MR) is 131 cm³/mol. The number of aldehydes is 1. The monoisotopic (exact) mass is 500 g/mol. The second kappa shape index (κ2) is 12.8. The molecule has 0 spiro atoms. The Morgan fingerprint density at radius 1 is 1.06 bits per heavy atom. The SMILES string of the molecule is CCCCC(C)(C)C/C=C(/OC1CCCCO1)[C@H]1[C@@H](CC=O)S(=O)(=O)C[C@H]1OC1CCCCO1. The number of carbonyl (C=O) groups excluding carboxylic acids is 1. The van der Waals surface area contributed by atoms with Crippen LogP contribution in [0.4, 0.5) is 0 Å². The molecule has 0 aromatic heterocycles. The van der Waals surface area contributed by atoms with Crippen LogP contribution in [0.5, 0.6) is 0 Å². The molecule has 34 heavy (non-hydrogen) atoms. The van der Waals surface area contributed by atoms with Crippen molar-refractivity contribution >= 4 is 16.1 Å². The summed E-state index contributed by atoms with van der Waals surface area (Å²) in [4.78, 5) is 11.5. The molecule has 0 aliphatic carbocycles. The van der Waals surface area contributed by atoms with Crippen LogP contribution in [0, 0.1) is 11.3 Å². The number of rotatable bonds is 12. The Morgan fingerprint density at radius 2 is 1.74 bits per heavy atom. The molecule has 196 valence electrons. The zero-order valence-corrected chi connectivity index (χ0v) is 22.0. The first-order valence-electron chi connectivity index (χ1n) is 13.2. The van der Waals surface area contributed by atoms with Crippen LogP contribution in [0.25, 0.3) is 0 Å². The highest BCUT2D eigenvalue weighted by molar-refractivity contribution is 7.92. The Balaban J connectivity index is 1.90. The fraction of sp³-hybridized carbons (Fsp3) is 0.885. The molecule has 3 saturated heterocycles. The Kier molecular flexibility index (Phi) is 10.4. The fourth-order valence-electron chi connectivity index (χ4n) is 5.16. The van der Waals surface area contributed by atoms with Gasteiger partial charge in [-0.05, 0) is 56.4 Å². The minimum atomic E-state index is -3.53. The van der Waals surface area contributed by atoms with Gasteiger partial charge < -0.3 is 23.7 Å². The van der Waals surface area contributed by atoms with Crippen LogP contribution in [0.3, 0.4) is 0 Å². The maximum Gasteiger partial charge on any atom is 0.199 e. The van der Waals surface area contributed by atoms with Gasteiger partial charge in [0.2, 0.25) is 0 Å². The molecule has 0 amide bonds. The molecule has 5 atom stereocenters. The lowest BCUT2D eigenvalue weighted by atomic mass is 9.82. The van der Waals surface area contributed by atoms with Crippen molar-refractivity contribution in [1.29, 1.82) is 0 Å². The number of unbranched alkanes of at least 4 members (excludes halogenated alkanes) is 1. The maximum atomic E-state index is 13.2. The van der Waals surface area contributed by atoms with Gasteiger partial charge in [-0.2, -0.15) is 0 Å². The van der Waals surface area contributed by atoms with E-state index >= 15 is 0 Å². The molecule has 8 heteroatoms. The van der Waals surface area contributed by atoms with Crippen molar-refractivity contribution in [3.63, 3.8) is 0 Å². The summed E-state index contributed by atoms with van der Waals surface area (Å²) in [6, 6.07) is 0. The summed E-state index contributed by atoms with van der Waals surface area (Å²) in [7, 11) is -3.53. The molecular weight excluding hydrogens is 456 g/mol. The molecule has 0 aromatic rings. The summed E-state index contributed by atoms with van der Waals surface area (Å²) in [5.41, 5.74) is 0.0541. The van der Waals surface area contributed by atoms with Crippen LogP contribution in [-0.4, -0.2) is 57.6 Å². The average molecular weight is 501 g/mol. The van der Waals surface area contributed by atoms with Crippen molar-refractivity contribution in [2.24, 2.45) is 11.3 Å². The maximum absolute atomic E-state index is 13.2. The number of allylic oxidation sites excluding steroid dienone is 1. The molecule has 3 heterocycles. The molecule has 0 saturated carbocycles. The summed E-state index contributed by atoms with van der Waals surface area (Å²) in [6.07, 6.45) is 10.9. The zero-order valence-electron chi connectivity index (χ0n) is 21.2. The molecule has 3 rings (SSSR count). The Labute approximate surface area is 205 Å². The number of sulfone groups is 1. The van der Waals surface area contributed by atoms with Crippen molar-refractivity contribution in [2.45, 2.75) is 115 Å². The van der Waals surface area contributed by atoms with E-state index in [1.54, 1.807) is 0 Å². The third-order valence-corrected chi connectivity index (χ3v) is 9.45. The van der Waals surface area contributed by atoms with Crippen molar-refractivity contribution in [1.82, 2.24) is 0 Å². The number of hydrogen-bond donors (Lipinski definition) is 0. The van der Waals surface area contributed by atoms with Gasteiger partial charge in [-0.25, -0.2) is 8.42 Å². The van der Waals surface area contributed by atoms with Crippen LogP contribution < -0.4 is 0 Å². The highest BCUT2D eigenvalue weighted by Crippen LogP contribution is 2.40. The van der Waals surface area contributed by atoms with Crippen molar-refractivity contribution in [2.75, 3.05) is 19.0 Å². The fourth-order valence-corrected chi connectivity index (χ4v) is 7.28. The number of ether oxygens (including phenoxy) is 4. The van der Waals surface area contributed by atoms with Gasteiger partial charge in [-0.3, -0.25) is 0 Å². The second-order valence-electron chi connectivity index (χ2n) is 10.8. The largest absolute Gasteiger partial charge is 0.469 e. The molecule has 2 unspecified atom stereocenters. The van der Waals surface area contributed by atoms with Crippen molar-refractivity contribution in [3.8, 4) is 0 Å². The van der Waals surface area contributed by atoms with Crippen LogP contribution in [0.15, 0.2) is 11.8 Å². The minimum absolute atomic E-state index is 0.0541. The van der Waals surface area contributed by atoms with Crippen LogP contribution in [-0.2, 0) is 33.6 Å². The topological polar surface area (TPSA) is 88.1 Å². The first-order valence-corrected chi connectivity index (χ1v) is 14.9. The summed E-state index contributed by atoms with van der Waals surface area (Å²) in [6.45, 7) is 7.89. The minimum Gasteiger partial charge on any atom is -0.469 e. The van der Waals surface area contributed by atoms with Crippen LogP contribution in [0.1, 0.15) is 91.4 Å². The van der Waals surface area contributed by atoms with E-state index in [0.29, 0.717) is 25.3 Å². The van der Waals surface area contributed by atoms with Gasteiger partial charge in [-0.1, -0.05) is 33.6 Å². The molecule has 0 radical (unpaired) electrons. The molecule has 0 aromatic carbocycles. The van der Waals surface area contributed by atoms with Crippen LogP contribution in [0.2, 0.25) is 0 Å².